The third-order valence-corrected chi connectivity index (χ3v) is 3.79. The molecule has 2 aliphatic heterocycles. The van der Waals surface area contributed by atoms with Crippen LogP contribution < -0.4 is 5.32 Å². The zero-order chi connectivity index (χ0) is 13.5. The Balaban J connectivity index is 2.05. The number of urea groups is 1. The van der Waals surface area contributed by atoms with E-state index in [9.17, 15) is 14.4 Å². The Hall–Kier alpha value is -1.59. The summed E-state index contributed by atoms with van der Waals surface area (Å²) in [7, 11) is 1.48. The molecule has 0 aromatic carbocycles. The average Bonchev–Trinajstić information content (AvgIpc) is 2.54. The van der Waals surface area contributed by atoms with Crippen molar-refractivity contribution >= 4 is 17.8 Å². The summed E-state index contributed by atoms with van der Waals surface area (Å²) < 4.78 is 0. The molecular formula is C12H19N3O3. The molecule has 0 atom stereocenters. The first-order valence-electron chi connectivity index (χ1n) is 6.26. The lowest BCUT2D eigenvalue weighted by molar-refractivity contribution is -0.140. The average molecular weight is 253 g/mol. The van der Waals surface area contributed by atoms with Gasteiger partial charge in [0.2, 0.25) is 5.91 Å². The lowest BCUT2D eigenvalue weighted by atomic mass is 9.87. The Bertz CT molecular complexity index is 397. The molecule has 2 aliphatic rings. The minimum absolute atomic E-state index is 0.0319. The third kappa shape index (κ3) is 1.85. The second kappa shape index (κ2) is 4.26. The van der Waals surface area contributed by atoms with Gasteiger partial charge in [0.1, 0.15) is 5.54 Å². The van der Waals surface area contributed by atoms with E-state index in [1.54, 1.807) is 4.90 Å². The van der Waals surface area contributed by atoms with Crippen LogP contribution in [0.15, 0.2) is 0 Å². The molecule has 0 radical (unpaired) electrons. The highest BCUT2D eigenvalue weighted by Gasteiger charge is 2.51. The molecule has 6 nitrogen and oxygen atoms in total. The van der Waals surface area contributed by atoms with Gasteiger partial charge >= 0.3 is 6.03 Å². The largest absolute Gasteiger partial charge is 0.342 e. The highest BCUT2D eigenvalue weighted by Crippen LogP contribution is 2.29. The van der Waals surface area contributed by atoms with Gasteiger partial charge in [-0.25, -0.2) is 4.79 Å². The standard InChI is InChI=1S/C12H19N3O3/c1-8(2)9(16)15-6-4-12(5-7-15)10(17)14(3)11(18)13-12/h8H,4-7H2,1-3H3,(H,13,18). The molecule has 1 spiro atoms. The molecule has 2 heterocycles. The molecule has 1 N–H and O–H groups in total. The molecule has 0 aromatic rings. The quantitative estimate of drug-likeness (QED) is 0.678. The number of hydrogen-bond acceptors (Lipinski definition) is 3. The zero-order valence-electron chi connectivity index (χ0n) is 11.0. The Morgan fingerprint density at radius 3 is 2.22 bits per heavy atom. The first kappa shape index (κ1) is 12.9. The van der Waals surface area contributed by atoms with Crippen molar-refractivity contribution in [1.82, 2.24) is 15.1 Å². The summed E-state index contributed by atoms with van der Waals surface area (Å²) in [6.07, 6.45) is 1.00. The van der Waals surface area contributed by atoms with Crippen LogP contribution in [-0.2, 0) is 9.59 Å². The summed E-state index contributed by atoms with van der Waals surface area (Å²) in [5.74, 6) is -0.102. The van der Waals surface area contributed by atoms with Gasteiger partial charge in [-0.2, -0.15) is 0 Å². The van der Waals surface area contributed by atoms with Gasteiger partial charge in [-0.15, -0.1) is 0 Å². The van der Waals surface area contributed by atoms with Crippen LogP contribution in [0.4, 0.5) is 4.79 Å². The fourth-order valence-corrected chi connectivity index (χ4v) is 2.57. The molecule has 6 heteroatoms. The van der Waals surface area contributed by atoms with Crippen LogP contribution in [0.5, 0.6) is 0 Å². The van der Waals surface area contributed by atoms with Gasteiger partial charge in [0, 0.05) is 26.1 Å². The van der Waals surface area contributed by atoms with E-state index < -0.39 is 5.54 Å². The number of nitrogens with one attached hydrogen (secondary N) is 1. The van der Waals surface area contributed by atoms with E-state index in [1.165, 1.54) is 7.05 Å². The van der Waals surface area contributed by atoms with Gasteiger partial charge < -0.3 is 10.2 Å². The van der Waals surface area contributed by atoms with E-state index in [1.807, 2.05) is 13.8 Å². The highest BCUT2D eigenvalue weighted by atomic mass is 16.2. The fourth-order valence-electron chi connectivity index (χ4n) is 2.57. The van der Waals surface area contributed by atoms with Gasteiger partial charge in [0.25, 0.3) is 5.91 Å². The molecule has 2 rings (SSSR count). The van der Waals surface area contributed by atoms with Crippen LogP contribution in [0.1, 0.15) is 26.7 Å². The Kier molecular flexibility index (Phi) is 3.04. The first-order valence-corrected chi connectivity index (χ1v) is 6.26. The van der Waals surface area contributed by atoms with Crippen molar-refractivity contribution in [3.05, 3.63) is 0 Å². The SMILES string of the molecule is CC(C)C(=O)N1CCC2(CC1)NC(=O)N(C)C2=O. The summed E-state index contributed by atoms with van der Waals surface area (Å²) >= 11 is 0. The highest BCUT2D eigenvalue weighted by molar-refractivity contribution is 6.06. The van der Waals surface area contributed by atoms with Crippen molar-refractivity contribution in [2.45, 2.75) is 32.2 Å². The van der Waals surface area contributed by atoms with Crippen molar-refractivity contribution < 1.29 is 14.4 Å². The van der Waals surface area contributed by atoms with Gasteiger partial charge in [0.05, 0.1) is 0 Å². The van der Waals surface area contributed by atoms with Crippen molar-refractivity contribution in [2.75, 3.05) is 20.1 Å². The predicted molar refractivity (Wildman–Crippen MR) is 64.7 cm³/mol. The monoisotopic (exact) mass is 253 g/mol. The van der Waals surface area contributed by atoms with E-state index in [0.29, 0.717) is 25.9 Å². The Labute approximate surface area is 106 Å². The van der Waals surface area contributed by atoms with Crippen LogP contribution >= 0.6 is 0 Å². The van der Waals surface area contributed by atoms with E-state index in [4.69, 9.17) is 0 Å². The Morgan fingerprint density at radius 1 is 1.28 bits per heavy atom. The summed E-state index contributed by atoms with van der Waals surface area (Å²) in [5.41, 5.74) is -0.778. The molecule has 2 saturated heterocycles. The normalized spacial score (nSPS) is 22.9. The minimum Gasteiger partial charge on any atom is -0.342 e. The third-order valence-electron chi connectivity index (χ3n) is 3.79. The number of amides is 4. The predicted octanol–water partition coefficient (Wildman–Crippen LogP) is 0.185. The maximum absolute atomic E-state index is 12.0. The molecule has 0 saturated carbocycles. The minimum atomic E-state index is -0.778. The van der Waals surface area contributed by atoms with Crippen molar-refractivity contribution in [3.8, 4) is 0 Å². The van der Waals surface area contributed by atoms with E-state index in [0.717, 1.165) is 4.90 Å². The van der Waals surface area contributed by atoms with Gasteiger partial charge in [-0.1, -0.05) is 13.8 Å². The van der Waals surface area contributed by atoms with Crippen molar-refractivity contribution in [1.29, 1.82) is 0 Å². The van der Waals surface area contributed by atoms with Gasteiger partial charge in [-0.05, 0) is 12.8 Å². The van der Waals surface area contributed by atoms with E-state index >= 15 is 0 Å². The lowest BCUT2D eigenvalue weighted by Gasteiger charge is -2.37. The molecule has 0 aromatic heterocycles. The molecule has 0 aliphatic carbocycles. The van der Waals surface area contributed by atoms with E-state index in [-0.39, 0.29) is 23.8 Å². The molecular weight excluding hydrogens is 234 g/mol. The van der Waals surface area contributed by atoms with Crippen LogP contribution in [0.3, 0.4) is 0 Å². The van der Waals surface area contributed by atoms with E-state index in [2.05, 4.69) is 5.32 Å². The summed E-state index contributed by atoms with van der Waals surface area (Å²) in [6, 6.07) is -0.344. The number of likely N-dealkylation sites (N-methyl/N-ethyl adjacent to an activating group) is 1. The van der Waals surface area contributed by atoms with Crippen molar-refractivity contribution in [3.63, 3.8) is 0 Å². The number of piperidine rings is 1. The molecule has 4 amide bonds. The number of imide groups is 1. The topological polar surface area (TPSA) is 69.7 Å². The molecule has 0 bridgehead atoms. The molecule has 0 unspecified atom stereocenters. The summed E-state index contributed by atoms with van der Waals surface area (Å²) in [4.78, 5) is 38.3. The van der Waals surface area contributed by atoms with Crippen LogP contribution in [-0.4, -0.2) is 53.3 Å². The number of carbonyl (C=O) groups is 3. The van der Waals surface area contributed by atoms with Gasteiger partial charge in [-0.3, -0.25) is 14.5 Å². The number of rotatable bonds is 1. The number of hydrogen-bond donors (Lipinski definition) is 1. The zero-order valence-corrected chi connectivity index (χ0v) is 11.0. The number of likely N-dealkylation sites (tertiary alicyclic amines) is 1. The summed E-state index contributed by atoms with van der Waals surface area (Å²) in [6.45, 7) is 4.78. The summed E-state index contributed by atoms with van der Waals surface area (Å²) in [5, 5.41) is 2.76. The fraction of sp³-hybridized carbons (Fsp3) is 0.750. The maximum atomic E-state index is 12.0. The lowest BCUT2D eigenvalue weighted by Crippen LogP contribution is -2.56. The van der Waals surface area contributed by atoms with Crippen molar-refractivity contribution in [2.24, 2.45) is 5.92 Å². The van der Waals surface area contributed by atoms with Crippen LogP contribution in [0.2, 0.25) is 0 Å². The smallest absolute Gasteiger partial charge is 0.324 e. The first-order chi connectivity index (χ1) is 8.37. The van der Waals surface area contributed by atoms with Crippen LogP contribution in [0.25, 0.3) is 0 Å². The number of nitrogens with zero attached hydrogens (tertiary/aromatic N) is 2. The second-order valence-corrected chi connectivity index (χ2v) is 5.36. The second-order valence-electron chi connectivity index (χ2n) is 5.36. The van der Waals surface area contributed by atoms with Gasteiger partial charge in [0.15, 0.2) is 0 Å². The molecule has 2 fully saturated rings. The number of carbonyl (C=O) groups excluding carboxylic acids is 3. The molecule has 100 valence electrons. The molecule has 18 heavy (non-hydrogen) atoms. The maximum Gasteiger partial charge on any atom is 0.324 e. The Morgan fingerprint density at radius 2 is 1.83 bits per heavy atom. The van der Waals surface area contributed by atoms with Crippen LogP contribution in [0, 0.1) is 5.92 Å².